The van der Waals surface area contributed by atoms with Crippen molar-refractivity contribution in [3.05, 3.63) is 6.42 Å². The van der Waals surface area contributed by atoms with Crippen molar-refractivity contribution in [2.75, 3.05) is 0 Å². The Bertz CT molecular complexity index is 247. The largest absolute Gasteiger partial charge is 0.705 e. The van der Waals surface area contributed by atoms with Gasteiger partial charge in [-0.2, -0.15) is 0 Å². The van der Waals surface area contributed by atoms with Gasteiger partial charge in [-0.3, -0.25) is 14.4 Å². The maximum absolute atomic E-state index is 10.9. The van der Waals surface area contributed by atoms with Gasteiger partial charge in [-0.1, -0.05) is 6.92 Å². The van der Waals surface area contributed by atoms with Crippen LogP contribution in [-0.4, -0.2) is 26.7 Å². The zero-order valence-electron chi connectivity index (χ0n) is 9.73. The lowest BCUT2D eigenvalue weighted by Crippen LogP contribution is -2.49. The van der Waals surface area contributed by atoms with Gasteiger partial charge in [0.2, 0.25) is 0 Å². The molecule has 0 atom stereocenters. The van der Waals surface area contributed by atoms with Gasteiger partial charge in [0.15, 0.2) is 0 Å². The van der Waals surface area contributed by atoms with Crippen LogP contribution in [0.3, 0.4) is 0 Å². The van der Waals surface area contributed by atoms with Gasteiger partial charge < -0.3 is 13.3 Å². The minimum atomic E-state index is -3.59. The van der Waals surface area contributed by atoms with Crippen molar-refractivity contribution in [1.82, 2.24) is 0 Å². The van der Waals surface area contributed by atoms with Gasteiger partial charge in [-0.15, -0.1) is 0 Å². The zero-order valence-corrected chi connectivity index (χ0v) is 10.7. The standard InChI is InChI=1S/C9H15O6Si/c1-5-6-16(13-7(2)10,14-8(3)11)15-9(4)12/h5H,6H2,1-4H3. The number of carbonyl (C=O) groups is 3. The smallest absolute Gasteiger partial charge is 0.455 e. The van der Waals surface area contributed by atoms with Crippen molar-refractivity contribution < 1.29 is 27.7 Å². The van der Waals surface area contributed by atoms with Crippen molar-refractivity contribution in [3.63, 3.8) is 0 Å². The molecule has 0 rings (SSSR count). The van der Waals surface area contributed by atoms with Gasteiger partial charge in [-0.05, 0) is 6.42 Å². The summed E-state index contributed by atoms with van der Waals surface area (Å²) in [6, 6.07) is 0.103. The number of hydrogen-bond donors (Lipinski definition) is 0. The van der Waals surface area contributed by atoms with Gasteiger partial charge in [0.05, 0.1) is 6.04 Å². The van der Waals surface area contributed by atoms with E-state index in [0.29, 0.717) is 0 Å². The quantitative estimate of drug-likeness (QED) is 0.670. The highest BCUT2D eigenvalue weighted by Crippen LogP contribution is 2.18. The highest BCUT2D eigenvalue weighted by molar-refractivity contribution is 6.65. The molecule has 0 saturated heterocycles. The van der Waals surface area contributed by atoms with Crippen LogP contribution in [0.25, 0.3) is 0 Å². The maximum Gasteiger partial charge on any atom is 0.705 e. The molecule has 0 amide bonds. The molecule has 0 aliphatic rings. The first kappa shape index (κ1) is 14.6. The Morgan fingerprint density at radius 2 is 1.25 bits per heavy atom. The highest BCUT2D eigenvalue weighted by atomic mass is 28.4. The van der Waals surface area contributed by atoms with E-state index in [1.54, 1.807) is 13.3 Å². The minimum Gasteiger partial charge on any atom is -0.455 e. The van der Waals surface area contributed by atoms with Gasteiger partial charge in [0, 0.05) is 20.8 Å². The molecule has 0 aromatic rings. The fourth-order valence-electron chi connectivity index (χ4n) is 1.09. The van der Waals surface area contributed by atoms with E-state index in [-0.39, 0.29) is 6.04 Å². The predicted molar refractivity (Wildman–Crippen MR) is 55.8 cm³/mol. The van der Waals surface area contributed by atoms with E-state index in [1.165, 1.54) is 0 Å². The summed E-state index contributed by atoms with van der Waals surface area (Å²) in [6.45, 7) is 5.15. The van der Waals surface area contributed by atoms with Crippen molar-refractivity contribution in [1.29, 1.82) is 0 Å². The summed E-state index contributed by atoms with van der Waals surface area (Å²) < 4.78 is 14.6. The molecule has 1 radical (unpaired) electrons. The third-order valence-corrected chi connectivity index (χ3v) is 4.06. The normalized spacial score (nSPS) is 10.5. The van der Waals surface area contributed by atoms with E-state index < -0.39 is 26.7 Å². The average Bonchev–Trinajstić information content (AvgIpc) is 1.98. The highest BCUT2D eigenvalue weighted by Gasteiger charge is 2.50. The second-order valence-corrected chi connectivity index (χ2v) is 5.46. The van der Waals surface area contributed by atoms with Crippen LogP contribution >= 0.6 is 0 Å². The van der Waals surface area contributed by atoms with Crippen LogP contribution in [-0.2, 0) is 27.7 Å². The van der Waals surface area contributed by atoms with Crippen molar-refractivity contribution in [2.45, 2.75) is 33.7 Å². The van der Waals surface area contributed by atoms with E-state index in [4.69, 9.17) is 13.3 Å². The molecular weight excluding hydrogens is 232 g/mol. The van der Waals surface area contributed by atoms with Crippen LogP contribution in [0, 0.1) is 6.42 Å². The molecule has 0 aliphatic heterocycles. The van der Waals surface area contributed by atoms with Crippen LogP contribution in [0.2, 0.25) is 6.04 Å². The first-order valence-corrected chi connectivity index (χ1v) is 6.61. The second-order valence-electron chi connectivity index (χ2n) is 3.08. The van der Waals surface area contributed by atoms with Crippen LogP contribution in [0.1, 0.15) is 27.7 Å². The molecule has 0 saturated carbocycles. The third-order valence-electron chi connectivity index (χ3n) is 1.35. The van der Waals surface area contributed by atoms with E-state index in [0.717, 1.165) is 20.8 Å². The maximum atomic E-state index is 10.9. The topological polar surface area (TPSA) is 78.9 Å². The SMILES string of the molecule is C[CH]C[Si](OC(C)=O)(OC(C)=O)OC(C)=O. The molecule has 0 bridgehead atoms. The number of carbonyl (C=O) groups excluding carboxylic acids is 3. The van der Waals surface area contributed by atoms with Crippen molar-refractivity contribution >= 4 is 26.7 Å². The molecule has 16 heavy (non-hydrogen) atoms. The lowest BCUT2D eigenvalue weighted by Gasteiger charge is -2.25. The van der Waals surface area contributed by atoms with Crippen molar-refractivity contribution in [2.24, 2.45) is 0 Å². The molecule has 6 nitrogen and oxygen atoms in total. The van der Waals surface area contributed by atoms with Crippen molar-refractivity contribution in [3.8, 4) is 0 Å². The Morgan fingerprint density at radius 3 is 1.44 bits per heavy atom. The van der Waals surface area contributed by atoms with Gasteiger partial charge in [0.1, 0.15) is 0 Å². The van der Waals surface area contributed by atoms with E-state index in [1.807, 2.05) is 0 Å². The molecule has 0 heterocycles. The van der Waals surface area contributed by atoms with Crippen LogP contribution in [0.15, 0.2) is 0 Å². The first-order valence-electron chi connectivity index (χ1n) is 4.68. The summed E-state index contributed by atoms with van der Waals surface area (Å²) in [7, 11) is -3.59. The predicted octanol–water partition coefficient (Wildman–Crippen LogP) is 0.839. The third kappa shape index (κ3) is 5.49. The second kappa shape index (κ2) is 6.26. The Morgan fingerprint density at radius 1 is 0.938 bits per heavy atom. The summed E-state index contributed by atoms with van der Waals surface area (Å²) >= 11 is 0. The number of rotatable bonds is 5. The summed E-state index contributed by atoms with van der Waals surface area (Å²) in [4.78, 5) is 32.7. The first-order chi connectivity index (χ1) is 7.31. The van der Waals surface area contributed by atoms with Gasteiger partial charge in [-0.25, -0.2) is 0 Å². The van der Waals surface area contributed by atoms with Crippen LogP contribution < -0.4 is 0 Å². The van der Waals surface area contributed by atoms with Crippen LogP contribution in [0.5, 0.6) is 0 Å². The molecule has 0 aromatic carbocycles. The molecule has 0 fully saturated rings. The summed E-state index contributed by atoms with van der Waals surface area (Å²) in [5, 5.41) is 0. The fraction of sp³-hybridized carbons (Fsp3) is 0.556. The lowest BCUT2D eigenvalue weighted by molar-refractivity contribution is -0.147. The molecule has 0 N–H and O–H groups in total. The minimum absolute atomic E-state index is 0.103. The molecule has 0 aliphatic carbocycles. The zero-order chi connectivity index (χ0) is 12.8. The molecular formula is C9H15O6Si. The van der Waals surface area contributed by atoms with Gasteiger partial charge in [0.25, 0.3) is 17.9 Å². The summed E-state index contributed by atoms with van der Waals surface area (Å²) in [5.41, 5.74) is 0. The Kier molecular flexibility index (Phi) is 5.72. The van der Waals surface area contributed by atoms with E-state index in [2.05, 4.69) is 0 Å². The molecule has 91 valence electrons. The Hall–Kier alpha value is -1.37. The summed E-state index contributed by atoms with van der Waals surface area (Å²) in [6.07, 6.45) is 1.61. The fourth-order valence-corrected chi connectivity index (χ4v) is 3.28. The van der Waals surface area contributed by atoms with Gasteiger partial charge >= 0.3 is 8.80 Å². The Labute approximate surface area is 95.2 Å². The molecule has 0 aromatic heterocycles. The lowest BCUT2D eigenvalue weighted by atomic mass is 10.6. The van der Waals surface area contributed by atoms with Crippen LogP contribution in [0.4, 0.5) is 0 Å². The average molecular weight is 247 g/mol. The van der Waals surface area contributed by atoms with E-state index in [9.17, 15) is 14.4 Å². The van der Waals surface area contributed by atoms with E-state index >= 15 is 0 Å². The monoisotopic (exact) mass is 247 g/mol. The molecule has 7 heteroatoms. The molecule has 0 unspecified atom stereocenters. The molecule has 0 spiro atoms. The Balaban J connectivity index is 4.93. The summed E-state index contributed by atoms with van der Waals surface area (Å²) in [5.74, 6) is -1.97. The number of hydrogen-bond acceptors (Lipinski definition) is 6.